The number of hydrogen-bond donors (Lipinski definition) is 0. The first-order valence-corrected chi connectivity index (χ1v) is 9.61. The van der Waals surface area contributed by atoms with Gasteiger partial charge in [0.1, 0.15) is 16.1 Å². The van der Waals surface area contributed by atoms with Crippen LogP contribution in [0, 0.1) is 23.7 Å². The second-order valence-electron chi connectivity index (χ2n) is 7.09. The molecule has 132 valence electrons. The van der Waals surface area contributed by atoms with E-state index in [1.165, 1.54) is 0 Å². The molecule has 1 fully saturated rings. The molecule has 26 heavy (non-hydrogen) atoms. The molecule has 1 aliphatic carbocycles. The molecule has 2 heterocycles. The summed E-state index contributed by atoms with van der Waals surface area (Å²) in [5.41, 5.74) is 3.46. The molecule has 0 saturated heterocycles. The van der Waals surface area contributed by atoms with E-state index in [1.807, 2.05) is 49.3 Å². The van der Waals surface area contributed by atoms with Gasteiger partial charge in [0.05, 0.1) is 0 Å². The minimum absolute atomic E-state index is 0.0640. The number of benzene rings is 1. The fourth-order valence-corrected chi connectivity index (χ4v) is 4.15. The molecule has 0 N–H and O–H groups in total. The molecule has 1 aromatic heterocycles. The third-order valence-electron chi connectivity index (χ3n) is 4.92. The van der Waals surface area contributed by atoms with Crippen LogP contribution in [0.5, 0.6) is 0 Å². The second-order valence-corrected chi connectivity index (χ2v) is 8.02. The topological polar surface area (TPSA) is 37.6 Å². The van der Waals surface area contributed by atoms with Crippen molar-refractivity contribution in [3.63, 3.8) is 0 Å². The molecular weight excluding hydrogens is 390 g/mol. The maximum Gasteiger partial charge on any atom is 0.230 e. The highest BCUT2D eigenvalue weighted by molar-refractivity contribution is 9.09. The van der Waals surface area contributed by atoms with Gasteiger partial charge in [-0.05, 0) is 54.5 Å². The maximum absolute atomic E-state index is 12.2. The third kappa shape index (κ3) is 3.10. The zero-order chi connectivity index (χ0) is 18.4. The molecule has 1 aliphatic heterocycles. The van der Waals surface area contributed by atoms with Crippen LogP contribution >= 0.6 is 15.9 Å². The second kappa shape index (κ2) is 6.44. The zero-order valence-electron chi connectivity index (χ0n) is 15.0. The van der Waals surface area contributed by atoms with Crippen molar-refractivity contribution in [1.29, 1.82) is 0 Å². The van der Waals surface area contributed by atoms with Crippen LogP contribution in [0.3, 0.4) is 0 Å². The van der Waals surface area contributed by atoms with E-state index in [0.717, 1.165) is 28.4 Å². The standard InChI is InChI=1S/C21H20BrN3O/c1-13(26)25-18(9-6-14-4-7-17(8-5-14)24(2)3)11-16-10-15-12-19(15)20(22)23-21(16)25/h4-5,7-8,10-11,15,19-20H,12H2,1-3H3. The summed E-state index contributed by atoms with van der Waals surface area (Å²) in [7, 11) is 4.02. The van der Waals surface area contributed by atoms with Gasteiger partial charge in [-0.3, -0.25) is 14.4 Å². The van der Waals surface area contributed by atoms with Crippen molar-refractivity contribution in [2.24, 2.45) is 16.8 Å². The van der Waals surface area contributed by atoms with Gasteiger partial charge < -0.3 is 4.90 Å². The van der Waals surface area contributed by atoms with Crippen molar-refractivity contribution in [3.05, 3.63) is 52.3 Å². The zero-order valence-corrected chi connectivity index (χ0v) is 16.6. The lowest BCUT2D eigenvalue weighted by Gasteiger charge is -2.11. The maximum atomic E-state index is 12.2. The Morgan fingerprint density at radius 1 is 1.27 bits per heavy atom. The number of anilines is 1. The lowest BCUT2D eigenvalue weighted by Crippen LogP contribution is -2.33. The molecule has 0 spiro atoms. The fraction of sp³-hybridized carbons (Fsp3) is 0.333. The van der Waals surface area contributed by atoms with Crippen molar-refractivity contribution in [2.45, 2.75) is 18.3 Å². The summed E-state index contributed by atoms with van der Waals surface area (Å²) in [6, 6.07) is 10.0. The van der Waals surface area contributed by atoms with Crippen molar-refractivity contribution in [2.75, 3.05) is 19.0 Å². The summed E-state index contributed by atoms with van der Waals surface area (Å²) in [6.07, 6.45) is 3.39. The van der Waals surface area contributed by atoms with Crippen molar-refractivity contribution in [1.82, 2.24) is 4.57 Å². The van der Waals surface area contributed by atoms with Gasteiger partial charge in [0.2, 0.25) is 5.91 Å². The molecule has 2 aromatic rings. The largest absolute Gasteiger partial charge is 0.378 e. The number of alkyl halides is 1. The monoisotopic (exact) mass is 409 g/mol. The molecule has 4 nitrogen and oxygen atoms in total. The molecule has 1 aromatic carbocycles. The van der Waals surface area contributed by atoms with Crippen molar-refractivity contribution in [3.8, 4) is 11.8 Å². The van der Waals surface area contributed by atoms with Crippen molar-refractivity contribution >= 4 is 33.6 Å². The van der Waals surface area contributed by atoms with E-state index in [1.54, 1.807) is 11.5 Å². The number of hydrogen-bond acceptors (Lipinski definition) is 3. The van der Waals surface area contributed by atoms with Gasteiger partial charge in [0, 0.05) is 37.5 Å². The summed E-state index contributed by atoms with van der Waals surface area (Å²) < 4.78 is 1.63. The number of halogens is 1. The molecular formula is C21H20BrN3O. The van der Waals surface area contributed by atoms with Gasteiger partial charge >= 0.3 is 0 Å². The van der Waals surface area contributed by atoms with Crippen molar-refractivity contribution < 1.29 is 4.79 Å². The molecule has 0 radical (unpaired) electrons. The third-order valence-corrected chi connectivity index (χ3v) is 5.80. The van der Waals surface area contributed by atoms with Crippen LogP contribution in [0.2, 0.25) is 0 Å². The first kappa shape index (κ1) is 17.1. The molecule has 5 heteroatoms. The van der Waals surface area contributed by atoms with Crippen LogP contribution in [0.25, 0.3) is 6.08 Å². The van der Waals surface area contributed by atoms with Crippen LogP contribution < -0.4 is 15.6 Å². The number of rotatable bonds is 1. The van der Waals surface area contributed by atoms with E-state index in [9.17, 15) is 4.79 Å². The van der Waals surface area contributed by atoms with E-state index in [-0.39, 0.29) is 10.9 Å². The molecule has 0 amide bonds. The SMILES string of the molecule is CC(=O)n1c(C#Cc2ccc(N(C)C)cc2)cc2c1=NC(Br)C1CC1C=2. The number of aromatic nitrogens is 1. The normalized spacial score (nSPS) is 22.5. The molecule has 3 unspecified atom stereocenters. The Kier molecular flexibility index (Phi) is 4.24. The smallest absolute Gasteiger partial charge is 0.230 e. The number of carbonyl (C=O) groups excluding carboxylic acids is 1. The summed E-state index contributed by atoms with van der Waals surface area (Å²) in [6.45, 7) is 1.56. The highest BCUT2D eigenvalue weighted by Crippen LogP contribution is 2.46. The van der Waals surface area contributed by atoms with E-state index in [0.29, 0.717) is 17.5 Å². The van der Waals surface area contributed by atoms with Gasteiger partial charge in [0.15, 0.2) is 0 Å². The van der Waals surface area contributed by atoms with E-state index < -0.39 is 0 Å². The molecule has 4 rings (SSSR count). The Morgan fingerprint density at radius 2 is 2.00 bits per heavy atom. The summed E-state index contributed by atoms with van der Waals surface area (Å²) in [4.78, 5) is 19.1. The van der Waals surface area contributed by atoms with E-state index >= 15 is 0 Å². The van der Waals surface area contributed by atoms with E-state index in [2.05, 4.69) is 33.8 Å². The predicted octanol–water partition coefficient (Wildman–Crippen LogP) is 2.38. The molecule has 1 saturated carbocycles. The number of carbonyl (C=O) groups is 1. The summed E-state index contributed by atoms with van der Waals surface area (Å²) in [5.74, 6) is 7.37. The Bertz CT molecular complexity index is 1050. The first-order valence-electron chi connectivity index (χ1n) is 8.70. The minimum Gasteiger partial charge on any atom is -0.378 e. The summed E-state index contributed by atoms with van der Waals surface area (Å²) in [5, 5.41) is 1.02. The van der Waals surface area contributed by atoms with Crippen LogP contribution in [0.4, 0.5) is 5.69 Å². The molecule has 0 bridgehead atoms. The Hall–Kier alpha value is -2.32. The quantitative estimate of drug-likeness (QED) is 0.412. The van der Waals surface area contributed by atoms with Gasteiger partial charge in [-0.1, -0.05) is 27.9 Å². The fourth-order valence-electron chi connectivity index (χ4n) is 3.35. The van der Waals surface area contributed by atoms with E-state index in [4.69, 9.17) is 4.99 Å². The Morgan fingerprint density at radius 3 is 2.65 bits per heavy atom. The van der Waals surface area contributed by atoms with Gasteiger partial charge in [-0.25, -0.2) is 0 Å². The average molecular weight is 410 g/mol. The Labute approximate surface area is 161 Å². The number of fused-ring (bicyclic) bond motifs is 2. The molecule has 3 atom stereocenters. The first-order chi connectivity index (χ1) is 12.4. The average Bonchev–Trinajstić information content (AvgIpc) is 3.30. The van der Waals surface area contributed by atoms with Crippen LogP contribution in [0.15, 0.2) is 35.3 Å². The lowest BCUT2D eigenvalue weighted by molar-refractivity contribution is 0.0931. The Balaban J connectivity index is 1.77. The lowest BCUT2D eigenvalue weighted by atomic mass is 10.2. The van der Waals surface area contributed by atoms with Gasteiger partial charge in [-0.15, -0.1) is 0 Å². The van der Waals surface area contributed by atoms with Crippen LogP contribution in [-0.2, 0) is 0 Å². The molecule has 2 aliphatic rings. The summed E-state index contributed by atoms with van der Waals surface area (Å²) >= 11 is 3.65. The van der Waals surface area contributed by atoms with Gasteiger partial charge in [0.25, 0.3) is 0 Å². The number of nitrogens with zero attached hydrogens (tertiary/aromatic N) is 3. The van der Waals surface area contributed by atoms with Crippen LogP contribution in [-0.4, -0.2) is 29.5 Å². The predicted molar refractivity (Wildman–Crippen MR) is 107 cm³/mol. The highest BCUT2D eigenvalue weighted by Gasteiger charge is 2.41. The van der Waals surface area contributed by atoms with Crippen LogP contribution in [0.1, 0.15) is 29.4 Å². The minimum atomic E-state index is -0.0640. The highest BCUT2D eigenvalue weighted by atomic mass is 79.9. The van der Waals surface area contributed by atoms with Gasteiger partial charge in [-0.2, -0.15) is 0 Å².